The van der Waals surface area contributed by atoms with E-state index in [9.17, 15) is 13.2 Å². The van der Waals surface area contributed by atoms with Gasteiger partial charge >= 0.3 is 0 Å². The average Bonchev–Trinajstić information content (AvgIpc) is 3.04. The van der Waals surface area contributed by atoms with Crippen LogP contribution >= 0.6 is 0 Å². The number of morpholine rings is 1. The van der Waals surface area contributed by atoms with Crippen molar-refractivity contribution >= 4 is 21.6 Å². The Hall–Kier alpha value is -2.49. The maximum absolute atomic E-state index is 12.8. The number of hydrogen-bond donors (Lipinski definition) is 1. The van der Waals surface area contributed by atoms with Crippen LogP contribution in [0.1, 0.15) is 34.4 Å². The number of amides is 1. The zero-order chi connectivity index (χ0) is 20.3. The summed E-state index contributed by atoms with van der Waals surface area (Å²) in [5.41, 5.74) is 4.09. The second kappa shape index (κ2) is 8.26. The Kier molecular flexibility index (Phi) is 5.97. The van der Waals surface area contributed by atoms with E-state index in [4.69, 9.17) is 9.15 Å². The van der Waals surface area contributed by atoms with Crippen LogP contribution in [-0.4, -0.2) is 50.6 Å². The SMILES string of the molecule is C/C(=N/NC(=O)c1cccc(S(=O)(=O)N2CCOCC2)c1)c1cc(C)oc1C. The number of hydrazone groups is 1. The molecule has 1 aliphatic heterocycles. The summed E-state index contributed by atoms with van der Waals surface area (Å²) in [6.07, 6.45) is 0. The first-order chi connectivity index (χ1) is 13.3. The van der Waals surface area contributed by atoms with Gasteiger partial charge in [-0.2, -0.15) is 9.41 Å². The van der Waals surface area contributed by atoms with E-state index in [1.165, 1.54) is 16.4 Å². The van der Waals surface area contributed by atoms with Crippen molar-refractivity contribution in [3.05, 3.63) is 53.0 Å². The molecule has 0 radical (unpaired) electrons. The molecule has 1 aromatic carbocycles. The summed E-state index contributed by atoms with van der Waals surface area (Å²) in [5.74, 6) is 0.984. The van der Waals surface area contributed by atoms with Gasteiger partial charge in [-0.25, -0.2) is 13.8 Å². The van der Waals surface area contributed by atoms with Crippen LogP contribution < -0.4 is 5.43 Å². The number of rotatable bonds is 5. The lowest BCUT2D eigenvalue weighted by atomic mass is 10.2. The second-order valence-corrected chi connectivity index (χ2v) is 8.45. The first-order valence-electron chi connectivity index (χ1n) is 8.89. The van der Waals surface area contributed by atoms with Crippen molar-refractivity contribution in [2.24, 2.45) is 5.10 Å². The van der Waals surface area contributed by atoms with Gasteiger partial charge < -0.3 is 9.15 Å². The third-order valence-corrected chi connectivity index (χ3v) is 6.35. The summed E-state index contributed by atoms with van der Waals surface area (Å²) in [6.45, 7) is 6.74. The van der Waals surface area contributed by atoms with E-state index < -0.39 is 15.9 Å². The molecule has 150 valence electrons. The minimum Gasteiger partial charge on any atom is -0.466 e. The molecule has 0 atom stereocenters. The topological polar surface area (TPSA) is 101 Å². The van der Waals surface area contributed by atoms with Crippen LogP contribution in [0.25, 0.3) is 0 Å². The number of ether oxygens (including phenoxy) is 1. The van der Waals surface area contributed by atoms with Crippen molar-refractivity contribution in [3.8, 4) is 0 Å². The Labute approximate surface area is 164 Å². The van der Waals surface area contributed by atoms with Gasteiger partial charge in [-0.05, 0) is 45.0 Å². The first-order valence-corrected chi connectivity index (χ1v) is 10.3. The summed E-state index contributed by atoms with van der Waals surface area (Å²) in [5, 5.41) is 4.11. The van der Waals surface area contributed by atoms with Crippen molar-refractivity contribution in [2.45, 2.75) is 25.7 Å². The predicted octanol–water partition coefficient (Wildman–Crippen LogP) is 2.07. The van der Waals surface area contributed by atoms with E-state index in [0.29, 0.717) is 37.8 Å². The van der Waals surface area contributed by atoms with Gasteiger partial charge in [0.1, 0.15) is 11.5 Å². The van der Waals surface area contributed by atoms with E-state index in [1.54, 1.807) is 19.1 Å². The molecule has 1 fully saturated rings. The molecule has 0 bridgehead atoms. The normalized spacial score (nSPS) is 16.2. The lowest BCUT2D eigenvalue weighted by molar-refractivity contribution is 0.0730. The lowest BCUT2D eigenvalue weighted by Crippen LogP contribution is -2.40. The fourth-order valence-corrected chi connectivity index (χ4v) is 4.44. The molecule has 2 heterocycles. The van der Waals surface area contributed by atoms with E-state index in [0.717, 1.165) is 11.3 Å². The van der Waals surface area contributed by atoms with Gasteiger partial charge in [-0.1, -0.05) is 6.07 Å². The van der Waals surface area contributed by atoms with E-state index in [2.05, 4.69) is 10.5 Å². The number of benzene rings is 1. The van der Waals surface area contributed by atoms with E-state index >= 15 is 0 Å². The maximum Gasteiger partial charge on any atom is 0.271 e. The Morgan fingerprint density at radius 3 is 2.54 bits per heavy atom. The van der Waals surface area contributed by atoms with Gasteiger partial charge in [0.15, 0.2) is 0 Å². The Morgan fingerprint density at radius 2 is 1.89 bits per heavy atom. The Bertz CT molecular complexity index is 1000. The fraction of sp³-hybridized carbons (Fsp3) is 0.368. The van der Waals surface area contributed by atoms with Gasteiger partial charge in [-0.3, -0.25) is 4.79 Å². The van der Waals surface area contributed by atoms with Gasteiger partial charge in [0.2, 0.25) is 10.0 Å². The highest BCUT2D eigenvalue weighted by Gasteiger charge is 2.26. The van der Waals surface area contributed by atoms with Crippen molar-refractivity contribution in [1.82, 2.24) is 9.73 Å². The number of nitrogens with one attached hydrogen (secondary N) is 1. The standard InChI is InChI=1S/C19H23N3O5S/c1-13-11-18(15(3)27-13)14(2)20-21-19(23)16-5-4-6-17(12-16)28(24,25)22-7-9-26-10-8-22/h4-6,11-12H,7-10H2,1-3H3,(H,21,23)/b20-14-. The fourth-order valence-electron chi connectivity index (χ4n) is 2.98. The zero-order valence-corrected chi connectivity index (χ0v) is 16.9. The molecular weight excluding hydrogens is 382 g/mol. The van der Waals surface area contributed by atoms with Crippen LogP contribution in [0.2, 0.25) is 0 Å². The van der Waals surface area contributed by atoms with Crippen LogP contribution in [0.15, 0.2) is 44.7 Å². The highest BCUT2D eigenvalue weighted by Crippen LogP contribution is 2.18. The molecule has 28 heavy (non-hydrogen) atoms. The Balaban J connectivity index is 1.77. The molecule has 1 aromatic heterocycles. The smallest absolute Gasteiger partial charge is 0.271 e. The molecule has 9 heteroatoms. The van der Waals surface area contributed by atoms with Crippen molar-refractivity contribution in [3.63, 3.8) is 0 Å². The molecule has 0 unspecified atom stereocenters. The third-order valence-electron chi connectivity index (χ3n) is 4.46. The maximum atomic E-state index is 12.8. The van der Waals surface area contributed by atoms with Crippen molar-refractivity contribution < 1.29 is 22.4 Å². The molecule has 1 aliphatic rings. The molecule has 1 N–H and O–H groups in total. The number of hydrogen-bond acceptors (Lipinski definition) is 6. The van der Waals surface area contributed by atoms with Crippen LogP contribution in [0.5, 0.6) is 0 Å². The Morgan fingerprint density at radius 1 is 1.18 bits per heavy atom. The van der Waals surface area contributed by atoms with Crippen LogP contribution in [0.4, 0.5) is 0 Å². The molecule has 1 amide bonds. The predicted molar refractivity (Wildman–Crippen MR) is 104 cm³/mol. The van der Waals surface area contributed by atoms with Crippen LogP contribution in [0.3, 0.4) is 0 Å². The van der Waals surface area contributed by atoms with Crippen molar-refractivity contribution in [2.75, 3.05) is 26.3 Å². The number of sulfonamides is 1. The minimum atomic E-state index is -3.67. The molecule has 3 rings (SSSR count). The summed E-state index contributed by atoms with van der Waals surface area (Å²) >= 11 is 0. The quantitative estimate of drug-likeness (QED) is 0.606. The summed E-state index contributed by atoms with van der Waals surface area (Å²) in [4.78, 5) is 12.5. The molecule has 0 saturated carbocycles. The highest BCUT2D eigenvalue weighted by molar-refractivity contribution is 7.89. The number of furan rings is 1. The first kappa shape index (κ1) is 20.2. The van der Waals surface area contributed by atoms with Crippen LogP contribution in [-0.2, 0) is 14.8 Å². The van der Waals surface area contributed by atoms with Crippen molar-refractivity contribution in [1.29, 1.82) is 0 Å². The van der Waals surface area contributed by atoms with Gasteiger partial charge in [0, 0.05) is 24.2 Å². The molecule has 8 nitrogen and oxygen atoms in total. The molecular formula is C19H23N3O5S. The van der Waals surface area contributed by atoms with Gasteiger partial charge in [0.25, 0.3) is 5.91 Å². The molecule has 0 aliphatic carbocycles. The number of carbonyl (C=O) groups excluding carboxylic acids is 1. The molecule has 2 aromatic rings. The highest BCUT2D eigenvalue weighted by atomic mass is 32.2. The van der Waals surface area contributed by atoms with E-state index in [-0.39, 0.29) is 10.5 Å². The van der Waals surface area contributed by atoms with Gasteiger partial charge in [-0.15, -0.1) is 0 Å². The third kappa shape index (κ3) is 4.32. The number of carbonyl (C=O) groups is 1. The number of aryl methyl sites for hydroxylation is 2. The molecule has 1 saturated heterocycles. The lowest BCUT2D eigenvalue weighted by Gasteiger charge is -2.26. The summed E-state index contributed by atoms with van der Waals surface area (Å²) in [6, 6.07) is 7.77. The second-order valence-electron chi connectivity index (χ2n) is 6.51. The summed E-state index contributed by atoms with van der Waals surface area (Å²) in [7, 11) is -3.67. The number of nitrogens with zero attached hydrogens (tertiary/aromatic N) is 2. The largest absolute Gasteiger partial charge is 0.466 e. The van der Waals surface area contributed by atoms with E-state index in [1.807, 2.05) is 19.9 Å². The zero-order valence-electron chi connectivity index (χ0n) is 16.1. The van der Waals surface area contributed by atoms with Crippen LogP contribution in [0, 0.1) is 13.8 Å². The minimum absolute atomic E-state index is 0.0732. The summed E-state index contributed by atoms with van der Waals surface area (Å²) < 4.78 is 37.5. The van der Waals surface area contributed by atoms with Gasteiger partial charge in [0.05, 0.1) is 23.8 Å². The monoisotopic (exact) mass is 405 g/mol. The molecule has 0 spiro atoms. The average molecular weight is 405 g/mol.